The Bertz CT molecular complexity index is 349. The number of benzene rings is 1. The van der Waals surface area contributed by atoms with Crippen molar-refractivity contribution in [3.63, 3.8) is 0 Å². The van der Waals surface area contributed by atoms with Crippen LogP contribution in [0.1, 0.15) is 17.5 Å². The zero-order chi connectivity index (χ0) is 10.1. The molecule has 2 rings (SSSR count). The summed E-state index contributed by atoms with van der Waals surface area (Å²) in [7, 11) is 1.65. The molecule has 0 heterocycles. The summed E-state index contributed by atoms with van der Waals surface area (Å²) >= 11 is 0. The van der Waals surface area contributed by atoms with Crippen molar-refractivity contribution >= 4 is 5.69 Å². The minimum atomic E-state index is 0.287. The Morgan fingerprint density at radius 1 is 1.43 bits per heavy atom. The maximum absolute atomic E-state index is 5.99. The lowest BCUT2D eigenvalue weighted by Crippen LogP contribution is -2.28. The number of hydrogen-bond acceptors (Lipinski definition) is 3. The molecule has 0 saturated heterocycles. The molecular formula is C11H16N2O. The number of hydrogen-bond donors (Lipinski definition) is 2. The molecule has 0 saturated carbocycles. The van der Waals surface area contributed by atoms with Gasteiger partial charge >= 0.3 is 0 Å². The first-order valence-corrected chi connectivity index (χ1v) is 4.92. The number of ether oxygens (including phenoxy) is 1. The van der Waals surface area contributed by atoms with Gasteiger partial charge in [-0.15, -0.1) is 0 Å². The summed E-state index contributed by atoms with van der Waals surface area (Å²) in [6, 6.07) is 4.28. The molecule has 1 aliphatic carbocycles. The fourth-order valence-corrected chi connectivity index (χ4v) is 2.07. The molecule has 1 unspecified atom stereocenters. The van der Waals surface area contributed by atoms with Gasteiger partial charge < -0.3 is 16.2 Å². The predicted octanol–water partition coefficient (Wildman–Crippen LogP) is 1.09. The number of rotatable bonds is 1. The fourth-order valence-electron chi connectivity index (χ4n) is 2.07. The van der Waals surface area contributed by atoms with E-state index < -0.39 is 0 Å². The highest BCUT2D eigenvalue weighted by Crippen LogP contribution is 2.32. The van der Waals surface area contributed by atoms with E-state index in [9.17, 15) is 0 Å². The molecule has 0 spiro atoms. The van der Waals surface area contributed by atoms with Crippen molar-refractivity contribution in [2.75, 3.05) is 12.8 Å². The van der Waals surface area contributed by atoms with Gasteiger partial charge in [-0.05, 0) is 36.5 Å². The molecule has 1 aromatic rings. The number of anilines is 1. The summed E-state index contributed by atoms with van der Waals surface area (Å²) in [5, 5.41) is 0. The second-order valence-corrected chi connectivity index (χ2v) is 3.82. The Hall–Kier alpha value is -1.22. The van der Waals surface area contributed by atoms with Gasteiger partial charge in [0.05, 0.1) is 12.8 Å². The van der Waals surface area contributed by atoms with E-state index in [1.165, 1.54) is 11.1 Å². The van der Waals surface area contributed by atoms with Crippen LogP contribution in [0.4, 0.5) is 5.69 Å². The van der Waals surface area contributed by atoms with Crippen molar-refractivity contribution in [2.24, 2.45) is 5.73 Å². The minimum Gasteiger partial charge on any atom is -0.495 e. The van der Waals surface area contributed by atoms with Crippen LogP contribution in [-0.4, -0.2) is 13.2 Å². The number of fused-ring (bicyclic) bond motifs is 1. The highest BCUT2D eigenvalue weighted by Gasteiger charge is 2.19. The standard InChI is InChI=1S/C11H16N2O/c1-14-10-5-2-7-6-8(12)3-4-9(7)11(10)13/h2,5,8H,3-4,6,12-13H2,1H3. The maximum Gasteiger partial charge on any atom is 0.142 e. The lowest BCUT2D eigenvalue weighted by atomic mass is 9.87. The van der Waals surface area contributed by atoms with Crippen LogP contribution in [0.2, 0.25) is 0 Å². The first-order chi connectivity index (χ1) is 6.72. The SMILES string of the molecule is COc1ccc2c(c1N)CCC(N)C2. The summed E-state index contributed by atoms with van der Waals surface area (Å²) in [5.41, 5.74) is 15.2. The zero-order valence-corrected chi connectivity index (χ0v) is 8.42. The molecule has 76 valence electrons. The van der Waals surface area contributed by atoms with Gasteiger partial charge in [0.2, 0.25) is 0 Å². The molecule has 1 atom stereocenters. The average Bonchev–Trinajstić information content (AvgIpc) is 2.18. The highest BCUT2D eigenvalue weighted by atomic mass is 16.5. The van der Waals surface area contributed by atoms with Gasteiger partial charge in [-0.3, -0.25) is 0 Å². The number of nitrogen functional groups attached to an aromatic ring is 1. The van der Waals surface area contributed by atoms with Crippen molar-refractivity contribution in [3.05, 3.63) is 23.3 Å². The Labute approximate surface area is 84.0 Å². The maximum atomic E-state index is 5.99. The zero-order valence-electron chi connectivity index (χ0n) is 8.42. The third-order valence-corrected chi connectivity index (χ3v) is 2.88. The quantitative estimate of drug-likeness (QED) is 0.655. The molecule has 4 N–H and O–H groups in total. The van der Waals surface area contributed by atoms with Gasteiger partial charge in [-0.2, -0.15) is 0 Å². The Morgan fingerprint density at radius 2 is 2.21 bits per heavy atom. The summed E-state index contributed by atoms with van der Waals surface area (Å²) in [4.78, 5) is 0. The topological polar surface area (TPSA) is 61.3 Å². The van der Waals surface area contributed by atoms with E-state index >= 15 is 0 Å². The van der Waals surface area contributed by atoms with Crippen LogP contribution in [0, 0.1) is 0 Å². The van der Waals surface area contributed by atoms with Gasteiger partial charge in [0.1, 0.15) is 5.75 Å². The molecule has 14 heavy (non-hydrogen) atoms. The lowest BCUT2D eigenvalue weighted by molar-refractivity contribution is 0.415. The van der Waals surface area contributed by atoms with Crippen LogP contribution >= 0.6 is 0 Å². The monoisotopic (exact) mass is 192 g/mol. The molecule has 1 aliphatic rings. The van der Waals surface area contributed by atoms with E-state index in [2.05, 4.69) is 6.07 Å². The van der Waals surface area contributed by atoms with Gasteiger partial charge in [-0.1, -0.05) is 6.07 Å². The summed E-state index contributed by atoms with van der Waals surface area (Å²) in [5.74, 6) is 0.777. The van der Waals surface area contributed by atoms with E-state index in [0.29, 0.717) is 0 Å². The van der Waals surface area contributed by atoms with E-state index in [4.69, 9.17) is 16.2 Å². The van der Waals surface area contributed by atoms with Crippen molar-refractivity contribution in [1.82, 2.24) is 0 Å². The molecule has 0 fully saturated rings. The molecular weight excluding hydrogens is 176 g/mol. The van der Waals surface area contributed by atoms with Crippen molar-refractivity contribution in [2.45, 2.75) is 25.3 Å². The van der Waals surface area contributed by atoms with Crippen molar-refractivity contribution in [3.8, 4) is 5.75 Å². The predicted molar refractivity (Wildman–Crippen MR) is 57.4 cm³/mol. The third-order valence-electron chi connectivity index (χ3n) is 2.88. The van der Waals surface area contributed by atoms with E-state index in [0.717, 1.165) is 30.7 Å². The minimum absolute atomic E-state index is 0.287. The van der Waals surface area contributed by atoms with Crippen molar-refractivity contribution in [1.29, 1.82) is 0 Å². The molecule has 3 nitrogen and oxygen atoms in total. The van der Waals surface area contributed by atoms with Gasteiger partial charge in [0.15, 0.2) is 0 Å². The molecule has 0 amide bonds. The van der Waals surface area contributed by atoms with E-state index in [1.807, 2.05) is 6.07 Å². The Kier molecular flexibility index (Phi) is 2.33. The van der Waals surface area contributed by atoms with Crippen LogP contribution < -0.4 is 16.2 Å². The molecule has 0 aliphatic heterocycles. The van der Waals surface area contributed by atoms with Crippen LogP contribution in [0.3, 0.4) is 0 Å². The van der Waals surface area contributed by atoms with E-state index in [1.54, 1.807) is 7.11 Å². The van der Waals surface area contributed by atoms with Gasteiger partial charge in [0.25, 0.3) is 0 Å². The smallest absolute Gasteiger partial charge is 0.142 e. The molecule has 3 heteroatoms. The molecule has 0 bridgehead atoms. The lowest BCUT2D eigenvalue weighted by Gasteiger charge is -2.23. The van der Waals surface area contributed by atoms with Crippen LogP contribution in [0.15, 0.2) is 12.1 Å². The number of nitrogens with two attached hydrogens (primary N) is 2. The Morgan fingerprint density at radius 3 is 2.93 bits per heavy atom. The summed E-state index contributed by atoms with van der Waals surface area (Å²) in [6.45, 7) is 0. The first kappa shape index (κ1) is 9.34. The highest BCUT2D eigenvalue weighted by molar-refractivity contribution is 5.62. The largest absolute Gasteiger partial charge is 0.495 e. The summed E-state index contributed by atoms with van der Waals surface area (Å²) < 4.78 is 5.18. The normalized spacial score (nSPS) is 20.3. The van der Waals surface area contributed by atoms with Crippen molar-refractivity contribution < 1.29 is 4.74 Å². The molecule has 1 aromatic carbocycles. The van der Waals surface area contributed by atoms with Crippen LogP contribution in [0.25, 0.3) is 0 Å². The first-order valence-electron chi connectivity index (χ1n) is 4.92. The second-order valence-electron chi connectivity index (χ2n) is 3.82. The molecule has 0 radical (unpaired) electrons. The fraction of sp³-hybridized carbons (Fsp3) is 0.455. The molecule has 0 aromatic heterocycles. The van der Waals surface area contributed by atoms with Gasteiger partial charge in [0, 0.05) is 6.04 Å². The average molecular weight is 192 g/mol. The number of methoxy groups -OCH3 is 1. The van der Waals surface area contributed by atoms with Crippen LogP contribution in [-0.2, 0) is 12.8 Å². The van der Waals surface area contributed by atoms with Crippen LogP contribution in [0.5, 0.6) is 5.75 Å². The third kappa shape index (κ3) is 1.44. The Balaban J connectivity index is 2.43. The second kappa shape index (κ2) is 3.50. The van der Waals surface area contributed by atoms with E-state index in [-0.39, 0.29) is 6.04 Å². The summed E-state index contributed by atoms with van der Waals surface area (Å²) in [6.07, 6.45) is 2.92. The van der Waals surface area contributed by atoms with Gasteiger partial charge in [-0.25, -0.2) is 0 Å².